The van der Waals surface area contributed by atoms with Gasteiger partial charge in [0.25, 0.3) is 0 Å². The topological polar surface area (TPSA) is 27.3 Å². The van der Waals surface area contributed by atoms with Crippen LogP contribution in [0.1, 0.15) is 54.9 Å². The fourth-order valence-electron chi connectivity index (χ4n) is 4.73. The molecule has 0 spiro atoms. The van der Waals surface area contributed by atoms with E-state index in [0.717, 1.165) is 36.8 Å². The lowest BCUT2D eigenvalue weighted by atomic mass is 9.63. The Labute approximate surface area is 125 Å². The molecule has 2 aliphatic rings. The second-order valence-corrected chi connectivity index (χ2v) is 8.55. The minimum atomic E-state index is 0.380. The van der Waals surface area contributed by atoms with E-state index in [1.807, 2.05) is 0 Å². The molecule has 2 rings (SSSR count). The van der Waals surface area contributed by atoms with Gasteiger partial charge in [-0.15, -0.1) is 0 Å². The van der Waals surface area contributed by atoms with Crippen LogP contribution in [0.4, 0.5) is 0 Å². The van der Waals surface area contributed by atoms with Gasteiger partial charge in [0.05, 0.1) is 6.17 Å². The molecule has 2 fully saturated rings. The van der Waals surface area contributed by atoms with Gasteiger partial charge in [0.2, 0.25) is 0 Å². The third-order valence-corrected chi connectivity index (χ3v) is 5.29. The minimum absolute atomic E-state index is 0.380. The lowest BCUT2D eigenvalue weighted by Crippen LogP contribution is -2.62. The Kier molecular flexibility index (Phi) is 4.83. The van der Waals surface area contributed by atoms with Crippen LogP contribution in [-0.4, -0.2) is 30.3 Å². The molecule has 2 N–H and O–H groups in total. The second kappa shape index (κ2) is 5.94. The maximum atomic E-state index is 3.83. The summed E-state index contributed by atoms with van der Waals surface area (Å²) in [6, 6.07) is 0.593. The molecule has 0 bridgehead atoms. The molecule has 0 radical (unpaired) electrons. The molecule has 0 aromatic heterocycles. The zero-order chi connectivity index (χ0) is 15.1. The third-order valence-electron chi connectivity index (χ3n) is 5.29. The van der Waals surface area contributed by atoms with E-state index in [9.17, 15) is 0 Å². The highest BCUT2D eigenvalue weighted by Crippen LogP contribution is 2.45. The minimum Gasteiger partial charge on any atom is -0.297 e. The van der Waals surface area contributed by atoms with Gasteiger partial charge in [-0.1, -0.05) is 41.5 Å². The Hall–Kier alpha value is -0.120. The summed E-state index contributed by atoms with van der Waals surface area (Å²) in [5.41, 5.74) is 4.05. The molecule has 20 heavy (non-hydrogen) atoms. The molecule has 2 aliphatic heterocycles. The number of fused-ring (bicyclic) bond motifs is 1. The molecule has 4 atom stereocenters. The van der Waals surface area contributed by atoms with Crippen molar-refractivity contribution in [2.75, 3.05) is 13.1 Å². The van der Waals surface area contributed by atoms with Crippen LogP contribution in [0.15, 0.2) is 0 Å². The Bertz CT molecular complexity index is 324. The molecular formula is C17H35N3. The fourth-order valence-corrected chi connectivity index (χ4v) is 4.73. The highest BCUT2D eigenvalue weighted by Gasteiger charge is 2.49. The van der Waals surface area contributed by atoms with E-state index >= 15 is 0 Å². The summed E-state index contributed by atoms with van der Waals surface area (Å²) in [6.45, 7) is 19.0. The van der Waals surface area contributed by atoms with E-state index in [-0.39, 0.29) is 0 Å². The number of rotatable bonds is 4. The molecule has 0 amide bonds. The zero-order valence-corrected chi connectivity index (χ0v) is 14.5. The SMILES string of the molecule is CC(C)CC(C)(C)C1C(C(C)C)CNN2CC(C)NC12. The summed E-state index contributed by atoms with van der Waals surface area (Å²) in [5.74, 6) is 2.97. The molecule has 4 unspecified atom stereocenters. The number of hydrazine groups is 1. The third kappa shape index (κ3) is 3.20. The Morgan fingerprint density at radius 2 is 1.85 bits per heavy atom. The molecule has 0 aromatic carbocycles. The van der Waals surface area contributed by atoms with Gasteiger partial charge in [0.1, 0.15) is 0 Å². The summed E-state index contributed by atoms with van der Waals surface area (Å²) in [6.07, 6.45) is 1.81. The van der Waals surface area contributed by atoms with Crippen molar-refractivity contribution in [3.63, 3.8) is 0 Å². The Morgan fingerprint density at radius 3 is 2.40 bits per heavy atom. The summed E-state index contributed by atoms with van der Waals surface area (Å²) >= 11 is 0. The van der Waals surface area contributed by atoms with Crippen LogP contribution in [0, 0.1) is 29.1 Å². The lowest BCUT2D eigenvalue weighted by molar-refractivity contribution is -0.0557. The molecule has 0 aromatic rings. The van der Waals surface area contributed by atoms with E-state index in [4.69, 9.17) is 0 Å². The molecule has 0 saturated carbocycles. The number of hydrogen-bond acceptors (Lipinski definition) is 3. The summed E-state index contributed by atoms with van der Waals surface area (Å²) in [5, 5.41) is 6.30. The average Bonchev–Trinajstić information content (AvgIpc) is 2.65. The normalized spacial score (nSPS) is 35.9. The molecule has 2 saturated heterocycles. The van der Waals surface area contributed by atoms with Crippen molar-refractivity contribution in [1.29, 1.82) is 0 Å². The summed E-state index contributed by atoms with van der Waals surface area (Å²) in [7, 11) is 0. The second-order valence-electron chi connectivity index (χ2n) is 8.55. The Balaban J connectivity index is 2.25. The lowest BCUT2D eigenvalue weighted by Gasteiger charge is -2.51. The van der Waals surface area contributed by atoms with Gasteiger partial charge in [0.15, 0.2) is 0 Å². The number of nitrogens with zero attached hydrogens (tertiary/aromatic N) is 1. The number of hydrogen-bond donors (Lipinski definition) is 2. The Morgan fingerprint density at radius 1 is 1.20 bits per heavy atom. The van der Waals surface area contributed by atoms with Crippen molar-refractivity contribution < 1.29 is 0 Å². The highest BCUT2D eigenvalue weighted by molar-refractivity contribution is 4.99. The van der Waals surface area contributed by atoms with Crippen LogP contribution in [0.5, 0.6) is 0 Å². The maximum absolute atomic E-state index is 3.83. The highest BCUT2D eigenvalue weighted by atomic mass is 15.6. The van der Waals surface area contributed by atoms with Crippen LogP contribution < -0.4 is 10.7 Å². The molecule has 118 valence electrons. The smallest absolute Gasteiger partial charge is 0.0772 e. The predicted octanol–water partition coefficient (Wildman–Crippen LogP) is 3.09. The van der Waals surface area contributed by atoms with E-state index in [1.54, 1.807) is 0 Å². The first-order chi connectivity index (χ1) is 9.22. The van der Waals surface area contributed by atoms with Crippen molar-refractivity contribution in [1.82, 2.24) is 15.8 Å². The van der Waals surface area contributed by atoms with Crippen LogP contribution >= 0.6 is 0 Å². The first-order valence-corrected chi connectivity index (χ1v) is 8.48. The van der Waals surface area contributed by atoms with Gasteiger partial charge < -0.3 is 0 Å². The van der Waals surface area contributed by atoms with Gasteiger partial charge in [-0.25, -0.2) is 5.01 Å². The van der Waals surface area contributed by atoms with Gasteiger partial charge >= 0.3 is 0 Å². The predicted molar refractivity (Wildman–Crippen MR) is 86.1 cm³/mol. The largest absolute Gasteiger partial charge is 0.297 e. The van der Waals surface area contributed by atoms with Crippen LogP contribution in [0.25, 0.3) is 0 Å². The number of nitrogens with one attached hydrogen (secondary N) is 2. The van der Waals surface area contributed by atoms with E-state index in [0.29, 0.717) is 17.6 Å². The van der Waals surface area contributed by atoms with Crippen LogP contribution in [-0.2, 0) is 0 Å². The van der Waals surface area contributed by atoms with Crippen molar-refractivity contribution in [3.8, 4) is 0 Å². The van der Waals surface area contributed by atoms with Crippen LogP contribution in [0.3, 0.4) is 0 Å². The van der Waals surface area contributed by atoms with Crippen LogP contribution in [0.2, 0.25) is 0 Å². The van der Waals surface area contributed by atoms with Crippen molar-refractivity contribution in [2.45, 2.75) is 67.1 Å². The maximum Gasteiger partial charge on any atom is 0.0772 e. The van der Waals surface area contributed by atoms with E-state index in [1.165, 1.54) is 6.42 Å². The van der Waals surface area contributed by atoms with Gasteiger partial charge in [-0.3, -0.25) is 10.7 Å². The summed E-state index contributed by atoms with van der Waals surface area (Å²) < 4.78 is 0. The quantitative estimate of drug-likeness (QED) is 0.829. The monoisotopic (exact) mass is 281 g/mol. The average molecular weight is 281 g/mol. The molecular weight excluding hydrogens is 246 g/mol. The van der Waals surface area contributed by atoms with Crippen molar-refractivity contribution >= 4 is 0 Å². The molecule has 0 aliphatic carbocycles. The first kappa shape index (κ1) is 16.3. The summed E-state index contributed by atoms with van der Waals surface area (Å²) in [4.78, 5) is 0. The van der Waals surface area contributed by atoms with Crippen molar-refractivity contribution in [2.24, 2.45) is 29.1 Å². The molecule has 3 heteroatoms. The molecule has 3 nitrogen and oxygen atoms in total. The van der Waals surface area contributed by atoms with Gasteiger partial charge in [0, 0.05) is 19.1 Å². The van der Waals surface area contributed by atoms with Gasteiger partial charge in [-0.05, 0) is 42.4 Å². The first-order valence-electron chi connectivity index (χ1n) is 8.48. The zero-order valence-electron chi connectivity index (χ0n) is 14.5. The van der Waals surface area contributed by atoms with Gasteiger partial charge in [-0.2, -0.15) is 0 Å². The fraction of sp³-hybridized carbons (Fsp3) is 1.00. The standard InChI is InChI=1S/C17H35N3/c1-11(2)8-17(6,7)15-14(12(3)4)9-18-20-10-13(5)19-16(15)20/h11-16,18-19H,8-10H2,1-7H3. The molecule has 2 heterocycles. The van der Waals surface area contributed by atoms with E-state index in [2.05, 4.69) is 64.2 Å². The van der Waals surface area contributed by atoms with E-state index < -0.39 is 0 Å². The van der Waals surface area contributed by atoms with Crippen molar-refractivity contribution in [3.05, 3.63) is 0 Å².